The largest absolute Gasteiger partial charge is 0.372 e. The van der Waals surface area contributed by atoms with Crippen LogP contribution in [0, 0.1) is 6.92 Å². The van der Waals surface area contributed by atoms with Crippen molar-refractivity contribution in [1.29, 1.82) is 0 Å². The average molecular weight is 363 g/mol. The monoisotopic (exact) mass is 362 g/mol. The summed E-state index contributed by atoms with van der Waals surface area (Å²) in [6.45, 7) is 8.25. The van der Waals surface area contributed by atoms with E-state index in [1.165, 1.54) is 17.4 Å². The second kappa shape index (κ2) is 9.00. The van der Waals surface area contributed by atoms with E-state index in [0.29, 0.717) is 10.8 Å². The summed E-state index contributed by atoms with van der Waals surface area (Å²) in [4.78, 5) is 15.5. The smallest absolute Gasteiger partial charge is 0.234 e. The molecule has 0 spiro atoms. The van der Waals surface area contributed by atoms with E-state index >= 15 is 0 Å². The first-order valence-corrected chi connectivity index (χ1v) is 9.43. The number of nitrogens with zero attached hydrogens (tertiary/aromatic N) is 1. The molecule has 0 unspecified atom stereocenters. The van der Waals surface area contributed by atoms with Crippen LogP contribution in [0.3, 0.4) is 0 Å². The molecule has 128 valence electrons. The van der Waals surface area contributed by atoms with Crippen molar-refractivity contribution in [2.75, 3.05) is 29.1 Å². The van der Waals surface area contributed by atoms with E-state index in [2.05, 4.69) is 36.2 Å². The van der Waals surface area contributed by atoms with E-state index in [4.69, 9.17) is 11.6 Å². The van der Waals surface area contributed by atoms with Crippen molar-refractivity contribution < 1.29 is 4.79 Å². The number of aryl methyl sites for hydroxylation is 1. The lowest BCUT2D eigenvalue weighted by Gasteiger charge is -2.22. The molecule has 3 nitrogen and oxygen atoms in total. The number of halogens is 1. The lowest BCUT2D eigenvalue weighted by Crippen LogP contribution is -2.22. The summed E-state index contributed by atoms with van der Waals surface area (Å²) < 4.78 is 0. The molecule has 0 saturated heterocycles. The minimum atomic E-state index is -0.00589. The summed E-state index contributed by atoms with van der Waals surface area (Å²) in [6.07, 6.45) is 0. The van der Waals surface area contributed by atoms with Crippen LogP contribution < -0.4 is 10.2 Å². The van der Waals surface area contributed by atoms with Gasteiger partial charge in [-0.3, -0.25) is 4.79 Å². The maximum Gasteiger partial charge on any atom is 0.234 e. The highest BCUT2D eigenvalue weighted by Gasteiger charge is 2.08. The molecule has 2 aromatic carbocycles. The molecular weight excluding hydrogens is 340 g/mol. The number of amides is 1. The fourth-order valence-electron chi connectivity index (χ4n) is 2.44. The third-order valence-electron chi connectivity index (χ3n) is 3.80. The minimum Gasteiger partial charge on any atom is -0.372 e. The summed E-state index contributed by atoms with van der Waals surface area (Å²) in [7, 11) is 0. The predicted molar refractivity (Wildman–Crippen MR) is 106 cm³/mol. The Bertz CT molecular complexity index is 684. The van der Waals surface area contributed by atoms with Gasteiger partial charge in [-0.1, -0.05) is 11.6 Å². The molecule has 0 heterocycles. The molecule has 0 fully saturated rings. The van der Waals surface area contributed by atoms with Gasteiger partial charge in [-0.15, -0.1) is 11.8 Å². The van der Waals surface area contributed by atoms with E-state index in [1.54, 1.807) is 0 Å². The fraction of sp³-hybridized carbons (Fsp3) is 0.316. The highest BCUT2D eigenvalue weighted by molar-refractivity contribution is 8.00. The Hall–Kier alpha value is -1.65. The molecule has 0 aliphatic carbocycles. The van der Waals surface area contributed by atoms with E-state index in [-0.39, 0.29) is 5.91 Å². The van der Waals surface area contributed by atoms with Crippen molar-refractivity contribution >= 4 is 40.6 Å². The average Bonchev–Trinajstić information content (AvgIpc) is 2.58. The SMILES string of the molecule is CCN(CC)c1ccc(NC(=O)CSc2ccc(Cl)cc2)c(C)c1. The van der Waals surface area contributed by atoms with Gasteiger partial charge in [0.1, 0.15) is 0 Å². The third kappa shape index (κ3) is 5.18. The summed E-state index contributed by atoms with van der Waals surface area (Å²) in [5, 5.41) is 3.69. The number of carbonyl (C=O) groups is 1. The molecule has 1 N–H and O–H groups in total. The lowest BCUT2D eigenvalue weighted by atomic mass is 10.1. The van der Waals surface area contributed by atoms with Crippen molar-refractivity contribution in [2.45, 2.75) is 25.7 Å². The van der Waals surface area contributed by atoms with Gasteiger partial charge in [-0.05, 0) is 68.8 Å². The van der Waals surface area contributed by atoms with Gasteiger partial charge in [0.15, 0.2) is 0 Å². The Labute approximate surface area is 153 Å². The van der Waals surface area contributed by atoms with Gasteiger partial charge in [0.2, 0.25) is 5.91 Å². The van der Waals surface area contributed by atoms with Gasteiger partial charge in [0.05, 0.1) is 5.75 Å². The number of nitrogens with one attached hydrogen (secondary N) is 1. The van der Waals surface area contributed by atoms with E-state index in [9.17, 15) is 4.79 Å². The zero-order valence-corrected chi connectivity index (χ0v) is 15.9. The quantitative estimate of drug-likeness (QED) is 0.685. The zero-order chi connectivity index (χ0) is 17.5. The number of thioether (sulfide) groups is 1. The predicted octanol–water partition coefficient (Wildman–Crippen LogP) is 5.23. The molecule has 0 radical (unpaired) electrons. The van der Waals surface area contributed by atoms with Crippen LogP contribution in [0.15, 0.2) is 47.4 Å². The third-order valence-corrected chi connectivity index (χ3v) is 5.06. The molecule has 0 saturated carbocycles. The van der Waals surface area contributed by atoms with Crippen LogP contribution in [-0.2, 0) is 4.79 Å². The van der Waals surface area contributed by atoms with Crippen LogP contribution in [0.2, 0.25) is 5.02 Å². The Morgan fingerprint density at radius 1 is 1.12 bits per heavy atom. The van der Waals surface area contributed by atoms with Gasteiger partial charge >= 0.3 is 0 Å². The highest BCUT2D eigenvalue weighted by Crippen LogP contribution is 2.24. The lowest BCUT2D eigenvalue weighted by molar-refractivity contribution is -0.113. The van der Waals surface area contributed by atoms with Crippen LogP contribution in [0.5, 0.6) is 0 Å². The Morgan fingerprint density at radius 2 is 1.79 bits per heavy atom. The minimum absolute atomic E-state index is 0.00589. The van der Waals surface area contributed by atoms with Gasteiger partial charge in [-0.2, -0.15) is 0 Å². The first kappa shape index (κ1) is 18.7. The Balaban J connectivity index is 1.95. The van der Waals surface area contributed by atoms with Crippen molar-refractivity contribution in [3.63, 3.8) is 0 Å². The molecule has 0 aromatic heterocycles. The normalized spacial score (nSPS) is 10.5. The number of hydrogen-bond acceptors (Lipinski definition) is 3. The van der Waals surface area contributed by atoms with Crippen molar-refractivity contribution in [3.8, 4) is 0 Å². The molecule has 0 aliphatic rings. The second-order valence-electron chi connectivity index (χ2n) is 5.46. The molecular formula is C19H23ClN2OS. The number of rotatable bonds is 7. The highest BCUT2D eigenvalue weighted by atomic mass is 35.5. The van der Waals surface area contributed by atoms with Crippen LogP contribution in [0.25, 0.3) is 0 Å². The molecule has 24 heavy (non-hydrogen) atoms. The Kier molecular flexibility index (Phi) is 7.00. The molecule has 5 heteroatoms. The van der Waals surface area contributed by atoms with Crippen molar-refractivity contribution in [1.82, 2.24) is 0 Å². The van der Waals surface area contributed by atoms with E-state index in [0.717, 1.165) is 29.2 Å². The zero-order valence-electron chi connectivity index (χ0n) is 14.3. The second-order valence-corrected chi connectivity index (χ2v) is 6.95. The van der Waals surface area contributed by atoms with Crippen LogP contribution in [-0.4, -0.2) is 24.7 Å². The van der Waals surface area contributed by atoms with Gasteiger partial charge in [-0.25, -0.2) is 0 Å². The topological polar surface area (TPSA) is 32.3 Å². The number of hydrogen-bond donors (Lipinski definition) is 1. The summed E-state index contributed by atoms with van der Waals surface area (Å²) >= 11 is 7.36. The summed E-state index contributed by atoms with van der Waals surface area (Å²) in [5.41, 5.74) is 3.13. The molecule has 2 aromatic rings. The van der Waals surface area contributed by atoms with Crippen molar-refractivity contribution in [2.24, 2.45) is 0 Å². The van der Waals surface area contributed by atoms with Crippen LogP contribution in [0.1, 0.15) is 19.4 Å². The molecule has 1 amide bonds. The van der Waals surface area contributed by atoms with Crippen LogP contribution >= 0.6 is 23.4 Å². The first-order chi connectivity index (χ1) is 11.5. The first-order valence-electron chi connectivity index (χ1n) is 8.07. The molecule has 0 aliphatic heterocycles. The fourth-order valence-corrected chi connectivity index (χ4v) is 3.26. The van der Waals surface area contributed by atoms with E-state index < -0.39 is 0 Å². The summed E-state index contributed by atoms with van der Waals surface area (Å²) in [6, 6.07) is 13.7. The maximum atomic E-state index is 12.2. The molecule has 0 bridgehead atoms. The number of anilines is 2. The van der Waals surface area contributed by atoms with Gasteiger partial charge < -0.3 is 10.2 Å². The summed E-state index contributed by atoms with van der Waals surface area (Å²) in [5.74, 6) is 0.368. The molecule has 0 atom stereocenters. The maximum absolute atomic E-state index is 12.2. The standard InChI is InChI=1S/C19H23ClN2OS/c1-4-22(5-2)16-8-11-18(14(3)12-16)21-19(23)13-24-17-9-6-15(20)7-10-17/h6-12H,4-5,13H2,1-3H3,(H,21,23). The Morgan fingerprint density at radius 3 is 2.38 bits per heavy atom. The van der Waals surface area contributed by atoms with Gasteiger partial charge in [0.25, 0.3) is 0 Å². The molecule has 2 rings (SSSR count). The van der Waals surface area contributed by atoms with E-state index in [1.807, 2.05) is 37.3 Å². The van der Waals surface area contributed by atoms with Crippen LogP contribution in [0.4, 0.5) is 11.4 Å². The number of carbonyl (C=O) groups excluding carboxylic acids is 1. The van der Waals surface area contributed by atoms with Gasteiger partial charge in [0, 0.05) is 34.4 Å². The van der Waals surface area contributed by atoms with Crippen molar-refractivity contribution in [3.05, 3.63) is 53.1 Å². The number of benzene rings is 2.